The highest BCUT2D eigenvalue weighted by molar-refractivity contribution is 6.55. The summed E-state index contributed by atoms with van der Waals surface area (Å²) in [6.07, 6.45) is 2.58. The van der Waals surface area contributed by atoms with E-state index in [0.717, 1.165) is 29.5 Å². The zero-order valence-corrected chi connectivity index (χ0v) is 19.5. The molecule has 3 aliphatic rings. The second-order valence-corrected chi connectivity index (χ2v) is 9.26. The van der Waals surface area contributed by atoms with Gasteiger partial charge < -0.3 is 9.47 Å². The second kappa shape index (κ2) is 7.54. The van der Waals surface area contributed by atoms with E-state index >= 15 is 0 Å². The van der Waals surface area contributed by atoms with Crippen LogP contribution in [0.3, 0.4) is 0 Å². The van der Waals surface area contributed by atoms with Crippen molar-refractivity contribution >= 4 is 23.0 Å². The van der Waals surface area contributed by atoms with Crippen LogP contribution in [-0.2, 0) is 19.1 Å². The van der Waals surface area contributed by atoms with Crippen molar-refractivity contribution in [2.75, 3.05) is 14.2 Å². The molecule has 2 aliphatic heterocycles. The summed E-state index contributed by atoms with van der Waals surface area (Å²) in [5.41, 5.74) is 1.60. The number of carbonyl (C=O) groups is 2. The number of methoxy groups -OCH3 is 2. The Morgan fingerprint density at radius 1 is 0.697 bits per heavy atom. The zero-order chi connectivity index (χ0) is 23.4. The van der Waals surface area contributed by atoms with Gasteiger partial charge in [0.25, 0.3) is 5.79 Å². The number of benzene rings is 2. The van der Waals surface area contributed by atoms with Crippen molar-refractivity contribution in [3.8, 4) is 0 Å². The Bertz CT molecular complexity index is 1190. The summed E-state index contributed by atoms with van der Waals surface area (Å²) in [4.78, 5) is 38.2. The third-order valence-corrected chi connectivity index (χ3v) is 7.49. The fraction of sp³-hybridized carbons (Fsp3) is 0.407. The van der Waals surface area contributed by atoms with E-state index in [2.05, 4.69) is 0 Å². The topological polar surface area (TPSA) is 77.3 Å². The molecule has 33 heavy (non-hydrogen) atoms. The van der Waals surface area contributed by atoms with Gasteiger partial charge in [-0.25, -0.2) is 0 Å². The first-order valence-corrected chi connectivity index (χ1v) is 11.4. The highest BCUT2D eigenvalue weighted by atomic mass is 16.7. The molecule has 5 rings (SSSR count). The lowest BCUT2D eigenvalue weighted by molar-refractivity contribution is -0.245. The van der Waals surface area contributed by atoms with E-state index < -0.39 is 22.6 Å². The molecule has 0 unspecified atom stereocenters. The van der Waals surface area contributed by atoms with E-state index in [4.69, 9.17) is 19.5 Å². The zero-order valence-electron chi connectivity index (χ0n) is 19.5. The van der Waals surface area contributed by atoms with Gasteiger partial charge in [0.1, 0.15) is 11.4 Å². The molecule has 0 radical (unpaired) electrons. The Hall–Kier alpha value is -2.96. The van der Waals surface area contributed by atoms with Crippen LogP contribution in [0.25, 0.3) is 0 Å². The van der Waals surface area contributed by atoms with Crippen molar-refractivity contribution in [2.45, 2.75) is 56.4 Å². The molecular formula is C27H28N2O4. The Labute approximate surface area is 193 Å². The molecule has 2 atom stereocenters. The highest BCUT2D eigenvalue weighted by Crippen LogP contribution is 2.57. The van der Waals surface area contributed by atoms with Gasteiger partial charge in [0.2, 0.25) is 11.6 Å². The summed E-state index contributed by atoms with van der Waals surface area (Å²) in [6.45, 7) is 3.98. The monoisotopic (exact) mass is 444 g/mol. The summed E-state index contributed by atoms with van der Waals surface area (Å²) in [6, 6.07) is 15.3. The Balaban J connectivity index is 1.80. The van der Waals surface area contributed by atoms with Crippen LogP contribution in [0.4, 0.5) is 0 Å². The highest BCUT2D eigenvalue weighted by Gasteiger charge is 2.77. The van der Waals surface area contributed by atoms with E-state index in [-0.39, 0.29) is 11.5 Å². The molecule has 1 aliphatic carbocycles. The number of hydrogen-bond acceptors (Lipinski definition) is 6. The molecule has 0 spiro atoms. The largest absolute Gasteiger partial charge is 0.345 e. The molecule has 2 aromatic carbocycles. The summed E-state index contributed by atoms with van der Waals surface area (Å²) >= 11 is 0. The van der Waals surface area contributed by atoms with Gasteiger partial charge in [0.05, 0.1) is 0 Å². The Kier molecular flexibility index (Phi) is 4.99. The maximum atomic E-state index is 14.2. The number of ketones is 2. The number of ether oxygens (including phenoxy) is 2. The molecule has 170 valence electrons. The van der Waals surface area contributed by atoms with Gasteiger partial charge in [-0.3, -0.25) is 19.6 Å². The van der Waals surface area contributed by atoms with Gasteiger partial charge in [0, 0.05) is 25.3 Å². The second-order valence-electron chi connectivity index (χ2n) is 9.26. The summed E-state index contributed by atoms with van der Waals surface area (Å²) in [5.74, 6) is -2.30. The predicted octanol–water partition coefficient (Wildman–Crippen LogP) is 3.79. The lowest BCUT2D eigenvalue weighted by Crippen LogP contribution is -2.75. The smallest absolute Gasteiger partial charge is 0.263 e. The van der Waals surface area contributed by atoms with Crippen molar-refractivity contribution < 1.29 is 19.1 Å². The first-order chi connectivity index (χ1) is 15.8. The average molecular weight is 445 g/mol. The normalized spacial score (nSPS) is 28.1. The quantitative estimate of drug-likeness (QED) is 0.673. The van der Waals surface area contributed by atoms with Gasteiger partial charge in [-0.05, 0) is 26.7 Å². The lowest BCUT2D eigenvalue weighted by atomic mass is 9.59. The summed E-state index contributed by atoms with van der Waals surface area (Å²) < 4.78 is 11.8. The number of hydrogen-bond donors (Lipinski definition) is 0. The minimum Gasteiger partial charge on any atom is -0.345 e. The molecule has 2 aromatic rings. The van der Waals surface area contributed by atoms with Crippen LogP contribution in [0.5, 0.6) is 0 Å². The summed E-state index contributed by atoms with van der Waals surface area (Å²) in [5, 5.41) is 0. The minimum atomic E-state index is -1.74. The molecule has 6 nitrogen and oxygen atoms in total. The first kappa shape index (κ1) is 21.9. The maximum Gasteiger partial charge on any atom is 0.263 e. The van der Waals surface area contributed by atoms with Crippen LogP contribution in [0.1, 0.15) is 47.9 Å². The van der Waals surface area contributed by atoms with Crippen LogP contribution in [0, 0.1) is 13.8 Å². The Morgan fingerprint density at radius 3 is 1.70 bits per heavy atom. The fourth-order valence-corrected chi connectivity index (χ4v) is 5.78. The van der Waals surface area contributed by atoms with Crippen molar-refractivity contribution in [3.05, 3.63) is 70.8 Å². The molecule has 0 saturated heterocycles. The van der Waals surface area contributed by atoms with Crippen LogP contribution in [-0.4, -0.2) is 54.1 Å². The molecule has 1 fully saturated rings. The number of nitrogens with zero attached hydrogens (tertiary/aromatic N) is 2. The van der Waals surface area contributed by atoms with E-state index in [9.17, 15) is 9.59 Å². The molecule has 0 aromatic heterocycles. The molecule has 2 heterocycles. The number of aliphatic imine (C=N–C) groups is 2. The van der Waals surface area contributed by atoms with E-state index in [1.165, 1.54) is 14.2 Å². The van der Waals surface area contributed by atoms with E-state index in [0.29, 0.717) is 24.1 Å². The summed E-state index contributed by atoms with van der Waals surface area (Å²) in [7, 11) is 2.91. The van der Waals surface area contributed by atoms with Crippen molar-refractivity contribution in [3.63, 3.8) is 0 Å². The molecule has 0 bridgehead atoms. The van der Waals surface area contributed by atoms with Crippen molar-refractivity contribution in [1.29, 1.82) is 0 Å². The molecule has 0 N–H and O–H groups in total. The maximum absolute atomic E-state index is 14.2. The number of carbonyl (C=O) groups excluding carboxylic acids is 2. The third-order valence-electron chi connectivity index (χ3n) is 7.49. The van der Waals surface area contributed by atoms with Crippen LogP contribution in [0.2, 0.25) is 0 Å². The first-order valence-electron chi connectivity index (χ1n) is 11.4. The Morgan fingerprint density at radius 2 is 1.18 bits per heavy atom. The predicted molar refractivity (Wildman–Crippen MR) is 126 cm³/mol. The molecule has 6 heteroatoms. The van der Waals surface area contributed by atoms with Crippen LogP contribution < -0.4 is 0 Å². The SMILES string of the molecule is COC1(OC)C(=O)C(c2ccc(C)cc2)=N[C@@]23CCCC[C@@]12N=C(c1ccc(C)cc1)C3=O. The van der Waals surface area contributed by atoms with Crippen LogP contribution in [0.15, 0.2) is 58.5 Å². The van der Waals surface area contributed by atoms with E-state index in [1.54, 1.807) is 0 Å². The van der Waals surface area contributed by atoms with Crippen molar-refractivity contribution in [1.82, 2.24) is 0 Å². The number of rotatable bonds is 4. The standard InChI is InChI=1S/C27H28N2O4/c1-17-7-11-19(12-8-17)21-23(30)25-15-5-6-16-26(25,29-21)27(32-3,33-4)24(31)22(28-25)20-13-9-18(2)10-14-20/h7-14H,5-6,15-16H2,1-4H3/t25-,26+/m1/s1. The van der Waals surface area contributed by atoms with Crippen molar-refractivity contribution in [2.24, 2.45) is 9.98 Å². The van der Waals surface area contributed by atoms with Gasteiger partial charge in [-0.2, -0.15) is 0 Å². The molecule has 0 amide bonds. The van der Waals surface area contributed by atoms with Crippen LogP contribution >= 0.6 is 0 Å². The van der Waals surface area contributed by atoms with E-state index in [1.807, 2.05) is 62.4 Å². The van der Waals surface area contributed by atoms with Gasteiger partial charge in [-0.15, -0.1) is 0 Å². The fourth-order valence-electron chi connectivity index (χ4n) is 5.78. The molecular weight excluding hydrogens is 416 g/mol. The number of Topliss-reactive ketones (excluding diaryl/α,β-unsaturated/α-hetero) is 2. The van der Waals surface area contributed by atoms with Gasteiger partial charge in [0.15, 0.2) is 11.1 Å². The lowest BCUT2D eigenvalue weighted by Gasteiger charge is -2.54. The van der Waals surface area contributed by atoms with Gasteiger partial charge in [-0.1, -0.05) is 72.5 Å². The van der Waals surface area contributed by atoms with Gasteiger partial charge >= 0.3 is 0 Å². The molecule has 1 saturated carbocycles. The average Bonchev–Trinajstić information content (AvgIpc) is 3.10. The third kappa shape index (κ3) is 2.74. The number of aryl methyl sites for hydroxylation is 2. The minimum absolute atomic E-state index is 0.165.